The number of benzene rings is 1. The first kappa shape index (κ1) is 12.5. The van der Waals surface area contributed by atoms with Crippen LogP contribution in [0.3, 0.4) is 0 Å². The molecule has 15 heavy (non-hydrogen) atoms. The number of hydrogen-bond donors (Lipinski definition) is 0. The normalized spacial score (nSPS) is 10.5. The van der Waals surface area contributed by atoms with Crippen molar-refractivity contribution in [2.24, 2.45) is 4.36 Å². The Hall–Kier alpha value is -0.580. The van der Waals surface area contributed by atoms with E-state index in [1.807, 2.05) is 13.8 Å². The summed E-state index contributed by atoms with van der Waals surface area (Å²) < 4.78 is 24.5. The molecule has 6 heteroatoms. The maximum atomic E-state index is 10.5. The monoisotopic (exact) mass is 265 g/mol. The second-order valence-electron chi connectivity index (χ2n) is 3.26. The van der Waals surface area contributed by atoms with Gasteiger partial charge in [0.2, 0.25) is 0 Å². The van der Waals surface area contributed by atoms with Gasteiger partial charge in [0.15, 0.2) is 0 Å². The zero-order chi connectivity index (χ0) is 11.6. The molecule has 0 saturated carbocycles. The molecule has 0 fully saturated rings. The molecular weight excluding hydrogens is 257 g/mol. The van der Waals surface area contributed by atoms with Gasteiger partial charge in [0.25, 0.3) is 0 Å². The summed E-state index contributed by atoms with van der Waals surface area (Å²) in [7, 11) is -2.48. The highest BCUT2D eigenvalue weighted by Crippen LogP contribution is 2.37. The molecule has 3 nitrogen and oxygen atoms in total. The van der Waals surface area contributed by atoms with E-state index >= 15 is 0 Å². The zero-order valence-electron chi connectivity index (χ0n) is 8.16. The lowest BCUT2D eigenvalue weighted by atomic mass is 10.0. The summed E-state index contributed by atoms with van der Waals surface area (Å²) >= 11 is 11.8. The quantitative estimate of drug-likeness (QED) is 0.817. The van der Waals surface area contributed by atoms with Crippen molar-refractivity contribution in [1.82, 2.24) is 0 Å². The van der Waals surface area contributed by atoms with Crippen LogP contribution in [-0.2, 0) is 10.5 Å². The summed E-state index contributed by atoms with van der Waals surface area (Å²) in [6, 6.07) is 3.07. The fraction of sp³-hybridized carbons (Fsp3) is 0.333. The van der Waals surface area contributed by atoms with E-state index in [-0.39, 0.29) is 5.92 Å². The lowest BCUT2D eigenvalue weighted by Crippen LogP contribution is -1.90. The first-order valence-electron chi connectivity index (χ1n) is 4.22. The molecule has 0 bridgehead atoms. The van der Waals surface area contributed by atoms with Crippen LogP contribution >= 0.6 is 23.2 Å². The number of rotatable bonds is 2. The van der Waals surface area contributed by atoms with Crippen molar-refractivity contribution in [3.05, 3.63) is 27.7 Å². The molecule has 0 N–H and O–H groups in total. The number of halogens is 2. The zero-order valence-corrected chi connectivity index (χ0v) is 10.5. The van der Waals surface area contributed by atoms with Crippen LogP contribution in [0, 0.1) is 0 Å². The Morgan fingerprint density at radius 1 is 1.27 bits per heavy atom. The average molecular weight is 266 g/mol. The third kappa shape index (κ3) is 2.93. The van der Waals surface area contributed by atoms with Crippen LogP contribution in [0.15, 0.2) is 16.5 Å². The van der Waals surface area contributed by atoms with Crippen LogP contribution in [0.25, 0.3) is 0 Å². The fourth-order valence-corrected chi connectivity index (χ4v) is 2.13. The molecule has 0 amide bonds. The van der Waals surface area contributed by atoms with Gasteiger partial charge >= 0.3 is 10.5 Å². The Kier molecular flexibility index (Phi) is 4.13. The maximum Gasteiger partial charge on any atom is 0.316 e. The van der Waals surface area contributed by atoms with Crippen LogP contribution in [-0.4, -0.2) is 8.42 Å². The smallest absolute Gasteiger partial charge is 0.163 e. The van der Waals surface area contributed by atoms with Gasteiger partial charge in [-0.25, -0.2) is 0 Å². The summed E-state index contributed by atoms with van der Waals surface area (Å²) in [5.74, 6) is 0.0542. The van der Waals surface area contributed by atoms with Crippen molar-refractivity contribution in [3.8, 4) is 0 Å². The van der Waals surface area contributed by atoms with Crippen molar-refractivity contribution in [2.75, 3.05) is 0 Å². The Bertz CT molecular complexity index is 501. The molecule has 0 radical (unpaired) electrons. The predicted octanol–water partition coefficient (Wildman–Crippen LogP) is 3.81. The molecule has 0 aliphatic carbocycles. The van der Waals surface area contributed by atoms with Crippen LogP contribution in [0.1, 0.15) is 25.3 Å². The van der Waals surface area contributed by atoms with Gasteiger partial charge in [0.05, 0.1) is 15.7 Å². The van der Waals surface area contributed by atoms with Crippen molar-refractivity contribution in [3.63, 3.8) is 0 Å². The fourth-order valence-electron chi connectivity index (χ4n) is 1.27. The summed E-state index contributed by atoms with van der Waals surface area (Å²) in [4.78, 5) is 0. The van der Waals surface area contributed by atoms with E-state index in [1.165, 1.54) is 6.07 Å². The largest absolute Gasteiger partial charge is 0.316 e. The third-order valence-electron chi connectivity index (χ3n) is 1.86. The molecule has 0 spiro atoms. The Labute approximate surface area is 99.7 Å². The van der Waals surface area contributed by atoms with Gasteiger partial charge < -0.3 is 0 Å². The molecule has 0 saturated heterocycles. The maximum absolute atomic E-state index is 10.5. The van der Waals surface area contributed by atoms with Crippen molar-refractivity contribution in [1.29, 1.82) is 0 Å². The average Bonchev–Trinajstić information content (AvgIpc) is 2.10. The van der Waals surface area contributed by atoms with E-state index in [0.29, 0.717) is 21.3 Å². The number of hydrogen-bond acceptors (Lipinski definition) is 3. The van der Waals surface area contributed by atoms with Crippen molar-refractivity contribution >= 4 is 39.4 Å². The standard InChI is InChI=1S/C9H9Cl2NO2S/c1-5(2)8-7(12-15(13)14)4-3-6(10)9(8)11/h3-5H,1-2H3. The van der Waals surface area contributed by atoms with Gasteiger partial charge in [-0.3, -0.25) is 0 Å². The first-order chi connectivity index (χ1) is 6.93. The summed E-state index contributed by atoms with van der Waals surface area (Å²) in [6.45, 7) is 3.79. The second-order valence-corrected chi connectivity index (χ2v) is 4.66. The van der Waals surface area contributed by atoms with Crippen molar-refractivity contribution < 1.29 is 8.42 Å². The van der Waals surface area contributed by atoms with Gasteiger partial charge in [0.1, 0.15) is 0 Å². The minimum Gasteiger partial charge on any atom is -0.163 e. The molecule has 0 aliphatic rings. The Balaban J connectivity index is 3.54. The lowest BCUT2D eigenvalue weighted by molar-refractivity contribution is 0.622. The lowest BCUT2D eigenvalue weighted by Gasteiger charge is -2.11. The van der Waals surface area contributed by atoms with Gasteiger partial charge in [-0.2, -0.15) is 8.42 Å². The van der Waals surface area contributed by atoms with E-state index in [2.05, 4.69) is 4.36 Å². The SMILES string of the molecule is CC(C)c1c(N=S(=O)=O)ccc(Cl)c1Cl. The summed E-state index contributed by atoms with van der Waals surface area (Å²) in [6.07, 6.45) is 0. The molecule has 1 aromatic rings. The molecular formula is C9H9Cl2NO2S. The van der Waals surface area contributed by atoms with E-state index in [9.17, 15) is 8.42 Å². The molecule has 1 rings (SSSR count). The second kappa shape index (κ2) is 4.96. The minimum absolute atomic E-state index is 0.0542. The van der Waals surface area contributed by atoms with Gasteiger partial charge in [0, 0.05) is 5.56 Å². The molecule has 1 aromatic carbocycles. The van der Waals surface area contributed by atoms with Crippen LogP contribution < -0.4 is 0 Å². The molecule has 82 valence electrons. The van der Waals surface area contributed by atoms with Gasteiger partial charge in [-0.05, 0) is 18.1 Å². The highest BCUT2D eigenvalue weighted by atomic mass is 35.5. The molecule has 0 aromatic heterocycles. The minimum atomic E-state index is -2.48. The van der Waals surface area contributed by atoms with E-state index in [1.54, 1.807) is 6.07 Å². The third-order valence-corrected chi connectivity index (χ3v) is 3.02. The van der Waals surface area contributed by atoms with Gasteiger partial charge in [-0.15, -0.1) is 4.36 Å². The first-order valence-corrected chi connectivity index (χ1v) is 6.01. The highest BCUT2D eigenvalue weighted by Gasteiger charge is 2.13. The number of nitrogens with zero attached hydrogens (tertiary/aromatic N) is 1. The topological polar surface area (TPSA) is 46.5 Å². The van der Waals surface area contributed by atoms with Gasteiger partial charge in [-0.1, -0.05) is 37.0 Å². The predicted molar refractivity (Wildman–Crippen MR) is 61.6 cm³/mol. The van der Waals surface area contributed by atoms with E-state index in [0.717, 1.165) is 0 Å². The van der Waals surface area contributed by atoms with Crippen LogP contribution in [0.2, 0.25) is 10.0 Å². The van der Waals surface area contributed by atoms with Crippen molar-refractivity contribution in [2.45, 2.75) is 19.8 Å². The summed E-state index contributed by atoms with van der Waals surface area (Å²) in [5.41, 5.74) is 0.987. The Morgan fingerprint density at radius 3 is 2.33 bits per heavy atom. The highest BCUT2D eigenvalue weighted by molar-refractivity contribution is 7.61. The van der Waals surface area contributed by atoms with Crippen LogP contribution in [0.4, 0.5) is 5.69 Å². The molecule has 0 unspecified atom stereocenters. The molecule has 0 atom stereocenters. The van der Waals surface area contributed by atoms with Crippen LogP contribution in [0.5, 0.6) is 0 Å². The summed E-state index contributed by atoms with van der Waals surface area (Å²) in [5, 5.41) is 0.759. The Morgan fingerprint density at radius 2 is 1.87 bits per heavy atom. The van der Waals surface area contributed by atoms with E-state index in [4.69, 9.17) is 23.2 Å². The molecule has 0 heterocycles. The molecule has 0 aliphatic heterocycles. The van der Waals surface area contributed by atoms with E-state index < -0.39 is 10.5 Å².